The van der Waals surface area contributed by atoms with Gasteiger partial charge in [0.05, 0.1) is 11.2 Å². The topological polar surface area (TPSA) is 56.3 Å². The average molecular weight is 340 g/mol. The molecule has 3 heterocycles. The SMILES string of the molecule is C[C@@H](CN1CCNCC1)Nc1ncnc2c(N3CCCC3)cccc12. The molecule has 25 heavy (non-hydrogen) atoms. The van der Waals surface area contributed by atoms with Crippen LogP contribution in [0.25, 0.3) is 10.9 Å². The van der Waals surface area contributed by atoms with E-state index >= 15 is 0 Å². The third-order valence-corrected chi connectivity index (χ3v) is 5.22. The van der Waals surface area contributed by atoms with Crippen molar-refractivity contribution in [3.05, 3.63) is 24.5 Å². The predicted molar refractivity (Wildman–Crippen MR) is 103 cm³/mol. The van der Waals surface area contributed by atoms with Crippen LogP contribution in [0.5, 0.6) is 0 Å². The number of rotatable bonds is 5. The van der Waals surface area contributed by atoms with Gasteiger partial charge < -0.3 is 15.5 Å². The van der Waals surface area contributed by atoms with Crippen LogP contribution >= 0.6 is 0 Å². The zero-order valence-corrected chi connectivity index (χ0v) is 15.0. The molecule has 2 aromatic rings. The van der Waals surface area contributed by atoms with Crippen LogP contribution in [0.15, 0.2) is 24.5 Å². The van der Waals surface area contributed by atoms with E-state index in [9.17, 15) is 0 Å². The molecule has 0 unspecified atom stereocenters. The molecule has 134 valence electrons. The zero-order chi connectivity index (χ0) is 17.1. The van der Waals surface area contributed by atoms with E-state index in [4.69, 9.17) is 0 Å². The van der Waals surface area contributed by atoms with Crippen molar-refractivity contribution in [2.24, 2.45) is 0 Å². The minimum Gasteiger partial charge on any atom is -0.370 e. The number of nitrogens with one attached hydrogen (secondary N) is 2. The Labute approximate surface area is 149 Å². The smallest absolute Gasteiger partial charge is 0.137 e. The fraction of sp³-hybridized carbons (Fsp3) is 0.579. The van der Waals surface area contributed by atoms with Gasteiger partial charge in [-0.15, -0.1) is 0 Å². The summed E-state index contributed by atoms with van der Waals surface area (Å²) in [6.45, 7) is 9.95. The lowest BCUT2D eigenvalue weighted by Crippen LogP contribution is -2.47. The molecule has 0 saturated carbocycles. The maximum atomic E-state index is 4.60. The molecule has 6 nitrogen and oxygen atoms in total. The molecule has 0 amide bonds. The Morgan fingerprint density at radius 3 is 2.72 bits per heavy atom. The second-order valence-corrected chi connectivity index (χ2v) is 7.19. The summed E-state index contributed by atoms with van der Waals surface area (Å²) in [5, 5.41) is 8.15. The molecule has 2 aliphatic heterocycles. The first kappa shape index (κ1) is 16.5. The molecular weight excluding hydrogens is 312 g/mol. The third kappa shape index (κ3) is 3.70. The number of hydrogen-bond donors (Lipinski definition) is 2. The van der Waals surface area contributed by atoms with Gasteiger partial charge in [-0.3, -0.25) is 4.90 Å². The third-order valence-electron chi connectivity index (χ3n) is 5.22. The monoisotopic (exact) mass is 340 g/mol. The normalized spacial score (nSPS) is 20.1. The second-order valence-electron chi connectivity index (χ2n) is 7.19. The van der Waals surface area contributed by atoms with Gasteiger partial charge in [0.15, 0.2) is 0 Å². The van der Waals surface area contributed by atoms with Crippen molar-refractivity contribution in [1.82, 2.24) is 20.2 Å². The number of anilines is 2. The van der Waals surface area contributed by atoms with Crippen molar-refractivity contribution in [2.75, 3.05) is 56.0 Å². The van der Waals surface area contributed by atoms with Gasteiger partial charge in [0.2, 0.25) is 0 Å². The lowest BCUT2D eigenvalue weighted by molar-refractivity contribution is 0.235. The minimum absolute atomic E-state index is 0.353. The highest BCUT2D eigenvalue weighted by molar-refractivity contribution is 5.97. The van der Waals surface area contributed by atoms with E-state index in [1.54, 1.807) is 6.33 Å². The molecule has 0 radical (unpaired) electrons. The van der Waals surface area contributed by atoms with Gasteiger partial charge >= 0.3 is 0 Å². The Morgan fingerprint density at radius 1 is 1.12 bits per heavy atom. The van der Waals surface area contributed by atoms with Gasteiger partial charge in [0.25, 0.3) is 0 Å². The highest BCUT2D eigenvalue weighted by atomic mass is 15.2. The number of nitrogens with zero attached hydrogens (tertiary/aromatic N) is 4. The first-order valence-electron chi connectivity index (χ1n) is 9.49. The van der Waals surface area contributed by atoms with Gasteiger partial charge in [-0.25, -0.2) is 9.97 Å². The number of benzene rings is 1. The van der Waals surface area contributed by atoms with E-state index in [0.29, 0.717) is 6.04 Å². The maximum Gasteiger partial charge on any atom is 0.137 e. The first-order valence-corrected chi connectivity index (χ1v) is 9.49. The van der Waals surface area contributed by atoms with Crippen molar-refractivity contribution in [3.8, 4) is 0 Å². The Bertz CT molecular complexity index is 706. The predicted octanol–water partition coefficient (Wildman–Crippen LogP) is 1.94. The summed E-state index contributed by atoms with van der Waals surface area (Å²) >= 11 is 0. The van der Waals surface area contributed by atoms with E-state index < -0.39 is 0 Å². The molecule has 0 aliphatic carbocycles. The van der Waals surface area contributed by atoms with Crippen molar-refractivity contribution in [1.29, 1.82) is 0 Å². The van der Waals surface area contributed by atoms with E-state index in [-0.39, 0.29) is 0 Å². The highest BCUT2D eigenvalue weighted by Crippen LogP contribution is 2.30. The molecule has 0 bridgehead atoms. The average Bonchev–Trinajstić information content (AvgIpc) is 3.17. The van der Waals surface area contributed by atoms with Crippen LogP contribution in [0.1, 0.15) is 19.8 Å². The van der Waals surface area contributed by atoms with Gasteiger partial charge in [-0.1, -0.05) is 6.07 Å². The van der Waals surface area contributed by atoms with Crippen molar-refractivity contribution < 1.29 is 0 Å². The molecule has 0 spiro atoms. The van der Waals surface area contributed by atoms with Crippen LogP contribution in [0, 0.1) is 0 Å². The van der Waals surface area contributed by atoms with Crippen molar-refractivity contribution in [3.63, 3.8) is 0 Å². The molecule has 1 aromatic heterocycles. The summed E-state index contributed by atoms with van der Waals surface area (Å²) in [7, 11) is 0. The van der Waals surface area contributed by atoms with E-state index in [1.807, 2.05) is 0 Å². The van der Waals surface area contributed by atoms with Crippen molar-refractivity contribution in [2.45, 2.75) is 25.8 Å². The minimum atomic E-state index is 0.353. The number of aromatic nitrogens is 2. The Balaban J connectivity index is 1.54. The zero-order valence-electron chi connectivity index (χ0n) is 15.0. The van der Waals surface area contributed by atoms with Gasteiger partial charge in [0, 0.05) is 57.2 Å². The van der Waals surface area contributed by atoms with Gasteiger partial charge in [-0.2, -0.15) is 0 Å². The van der Waals surface area contributed by atoms with E-state index in [1.165, 1.54) is 18.5 Å². The number of fused-ring (bicyclic) bond motifs is 1. The second kappa shape index (κ2) is 7.54. The largest absolute Gasteiger partial charge is 0.370 e. The van der Waals surface area contributed by atoms with Gasteiger partial charge in [-0.05, 0) is 31.9 Å². The Morgan fingerprint density at radius 2 is 1.92 bits per heavy atom. The number of para-hydroxylation sites is 1. The molecule has 1 aromatic carbocycles. The Kier molecular flexibility index (Phi) is 4.99. The van der Waals surface area contributed by atoms with E-state index in [2.05, 4.69) is 55.5 Å². The van der Waals surface area contributed by atoms with Gasteiger partial charge in [0.1, 0.15) is 12.1 Å². The highest BCUT2D eigenvalue weighted by Gasteiger charge is 2.18. The molecule has 6 heteroatoms. The fourth-order valence-electron chi connectivity index (χ4n) is 3.96. The lowest BCUT2D eigenvalue weighted by atomic mass is 10.1. The van der Waals surface area contributed by atoms with Crippen LogP contribution in [0.3, 0.4) is 0 Å². The number of piperazine rings is 1. The lowest BCUT2D eigenvalue weighted by Gasteiger charge is -2.30. The summed E-state index contributed by atoms with van der Waals surface area (Å²) < 4.78 is 0. The van der Waals surface area contributed by atoms with Crippen LogP contribution < -0.4 is 15.5 Å². The van der Waals surface area contributed by atoms with Crippen LogP contribution in [-0.4, -0.2) is 66.7 Å². The van der Waals surface area contributed by atoms with Crippen LogP contribution in [0.2, 0.25) is 0 Å². The summed E-state index contributed by atoms with van der Waals surface area (Å²) in [5.41, 5.74) is 2.31. The molecular formula is C19H28N6. The quantitative estimate of drug-likeness (QED) is 0.867. The Hall–Kier alpha value is -1.92. The van der Waals surface area contributed by atoms with Crippen molar-refractivity contribution >= 4 is 22.4 Å². The van der Waals surface area contributed by atoms with Crippen LogP contribution in [-0.2, 0) is 0 Å². The van der Waals surface area contributed by atoms with Crippen LogP contribution in [0.4, 0.5) is 11.5 Å². The first-order chi connectivity index (χ1) is 12.3. The summed E-state index contributed by atoms with van der Waals surface area (Å²) in [4.78, 5) is 14.1. The molecule has 2 fully saturated rings. The summed E-state index contributed by atoms with van der Waals surface area (Å²) in [6, 6.07) is 6.81. The molecule has 1 atom stereocenters. The summed E-state index contributed by atoms with van der Waals surface area (Å²) in [5.74, 6) is 0.952. The summed E-state index contributed by atoms with van der Waals surface area (Å²) in [6.07, 6.45) is 4.24. The molecule has 2 saturated heterocycles. The molecule has 2 aliphatic rings. The van der Waals surface area contributed by atoms with E-state index in [0.717, 1.165) is 62.5 Å². The maximum absolute atomic E-state index is 4.60. The molecule has 4 rings (SSSR count). The standard InChI is InChI=1S/C19H28N6/c1-15(13-24-11-7-20-8-12-24)23-19-16-5-4-6-17(18(16)21-14-22-19)25-9-2-3-10-25/h4-6,14-15,20H,2-3,7-13H2,1H3,(H,21,22,23)/t15-/m0/s1. The fourth-order valence-corrected chi connectivity index (χ4v) is 3.96. The molecule has 2 N–H and O–H groups in total. The number of hydrogen-bond acceptors (Lipinski definition) is 6.